The van der Waals surface area contributed by atoms with Crippen molar-refractivity contribution >= 4 is 17.1 Å². The summed E-state index contributed by atoms with van der Waals surface area (Å²) in [5.41, 5.74) is 0.961. The first-order valence-electron chi connectivity index (χ1n) is 4.24. The number of hydrogen-bond acceptors (Lipinski definition) is 3. The van der Waals surface area contributed by atoms with Gasteiger partial charge in [-0.1, -0.05) is 6.42 Å². The molecule has 1 aliphatic rings. The van der Waals surface area contributed by atoms with Gasteiger partial charge in [0.2, 0.25) is 0 Å². The number of rotatable bonds is 2. The topological polar surface area (TPSA) is 30.0 Å². The first kappa shape index (κ1) is 7.92. The van der Waals surface area contributed by atoms with E-state index in [9.17, 15) is 4.79 Å². The van der Waals surface area contributed by atoms with Crippen LogP contribution >= 0.6 is 11.3 Å². The molecule has 0 amide bonds. The van der Waals surface area contributed by atoms with Crippen LogP contribution in [0.25, 0.3) is 0 Å². The zero-order valence-electron chi connectivity index (χ0n) is 7.04. The number of thiazole rings is 1. The SMILES string of the molecule is Cc1csc(C(=O)C2CCC2)n1. The second-order valence-electron chi connectivity index (χ2n) is 3.29. The van der Waals surface area contributed by atoms with Crippen LogP contribution in [0.5, 0.6) is 0 Å². The number of aromatic nitrogens is 1. The molecule has 0 saturated heterocycles. The molecule has 0 radical (unpaired) electrons. The van der Waals surface area contributed by atoms with Crippen LogP contribution in [0.15, 0.2) is 5.38 Å². The molecule has 0 aliphatic heterocycles. The zero-order valence-corrected chi connectivity index (χ0v) is 7.86. The highest BCUT2D eigenvalue weighted by Crippen LogP contribution is 2.30. The van der Waals surface area contributed by atoms with Gasteiger partial charge in [-0.15, -0.1) is 11.3 Å². The molecule has 1 fully saturated rings. The van der Waals surface area contributed by atoms with Crippen molar-refractivity contribution in [2.24, 2.45) is 5.92 Å². The van der Waals surface area contributed by atoms with Crippen molar-refractivity contribution in [3.05, 3.63) is 16.1 Å². The van der Waals surface area contributed by atoms with E-state index in [0.717, 1.165) is 18.5 Å². The van der Waals surface area contributed by atoms with Crippen molar-refractivity contribution in [1.29, 1.82) is 0 Å². The molecule has 1 aromatic heterocycles. The van der Waals surface area contributed by atoms with E-state index in [1.807, 2.05) is 12.3 Å². The minimum Gasteiger partial charge on any atom is -0.291 e. The summed E-state index contributed by atoms with van der Waals surface area (Å²) in [6, 6.07) is 0. The second-order valence-corrected chi connectivity index (χ2v) is 4.14. The molecule has 0 unspecified atom stereocenters. The molecule has 1 aliphatic carbocycles. The van der Waals surface area contributed by atoms with Gasteiger partial charge in [-0.3, -0.25) is 4.79 Å². The first-order valence-corrected chi connectivity index (χ1v) is 5.11. The predicted octanol–water partition coefficient (Wildman–Crippen LogP) is 2.43. The molecule has 2 rings (SSSR count). The fourth-order valence-corrected chi connectivity index (χ4v) is 2.13. The van der Waals surface area contributed by atoms with Crippen LogP contribution in [0.2, 0.25) is 0 Å². The monoisotopic (exact) mass is 181 g/mol. The van der Waals surface area contributed by atoms with E-state index in [2.05, 4.69) is 4.98 Å². The highest BCUT2D eigenvalue weighted by molar-refractivity contribution is 7.11. The van der Waals surface area contributed by atoms with Gasteiger partial charge < -0.3 is 0 Å². The maximum atomic E-state index is 11.6. The summed E-state index contributed by atoms with van der Waals surface area (Å²) in [5, 5.41) is 2.64. The van der Waals surface area contributed by atoms with Crippen molar-refractivity contribution in [3.8, 4) is 0 Å². The average Bonchev–Trinajstić information content (AvgIpc) is 2.31. The van der Waals surface area contributed by atoms with E-state index in [1.54, 1.807) is 0 Å². The molecule has 0 aromatic carbocycles. The van der Waals surface area contributed by atoms with Crippen molar-refractivity contribution in [3.63, 3.8) is 0 Å². The van der Waals surface area contributed by atoms with E-state index in [1.165, 1.54) is 17.8 Å². The van der Waals surface area contributed by atoms with Crippen molar-refractivity contribution in [1.82, 2.24) is 4.98 Å². The van der Waals surface area contributed by atoms with Crippen LogP contribution in [0.4, 0.5) is 0 Å². The molecule has 0 spiro atoms. The van der Waals surface area contributed by atoms with Crippen molar-refractivity contribution < 1.29 is 4.79 Å². The lowest BCUT2D eigenvalue weighted by molar-refractivity contribution is 0.0854. The number of ketones is 1. The third-order valence-corrected chi connectivity index (χ3v) is 3.28. The Morgan fingerprint density at radius 2 is 2.42 bits per heavy atom. The van der Waals surface area contributed by atoms with Gasteiger partial charge in [-0.25, -0.2) is 4.98 Å². The summed E-state index contributed by atoms with van der Waals surface area (Å²) in [7, 11) is 0. The molecule has 12 heavy (non-hydrogen) atoms. The lowest BCUT2D eigenvalue weighted by Gasteiger charge is -2.22. The lowest BCUT2D eigenvalue weighted by Crippen LogP contribution is -2.21. The van der Waals surface area contributed by atoms with Gasteiger partial charge in [0.25, 0.3) is 0 Å². The Morgan fingerprint density at radius 1 is 1.67 bits per heavy atom. The van der Waals surface area contributed by atoms with Gasteiger partial charge in [0.05, 0.1) is 0 Å². The molecule has 0 atom stereocenters. The van der Waals surface area contributed by atoms with Crippen LogP contribution in [-0.2, 0) is 0 Å². The largest absolute Gasteiger partial charge is 0.291 e. The quantitative estimate of drug-likeness (QED) is 0.656. The Balaban J connectivity index is 2.13. The molecular weight excluding hydrogens is 170 g/mol. The molecular formula is C9H11NOS. The fraction of sp³-hybridized carbons (Fsp3) is 0.556. The average molecular weight is 181 g/mol. The first-order chi connectivity index (χ1) is 5.77. The Hall–Kier alpha value is -0.700. The number of hydrogen-bond donors (Lipinski definition) is 0. The summed E-state index contributed by atoms with van der Waals surface area (Å²) < 4.78 is 0. The summed E-state index contributed by atoms with van der Waals surface area (Å²) in [5.74, 6) is 0.551. The zero-order chi connectivity index (χ0) is 8.55. The molecule has 0 bridgehead atoms. The molecule has 2 nitrogen and oxygen atoms in total. The highest BCUT2D eigenvalue weighted by atomic mass is 32.1. The minimum absolute atomic E-state index is 0.263. The van der Waals surface area contributed by atoms with Gasteiger partial charge in [-0.2, -0.15) is 0 Å². The van der Waals surface area contributed by atoms with Crippen LogP contribution < -0.4 is 0 Å². The van der Waals surface area contributed by atoms with Gasteiger partial charge in [0, 0.05) is 17.0 Å². The molecule has 3 heteroatoms. The molecule has 1 aromatic rings. The Kier molecular flexibility index (Phi) is 1.97. The van der Waals surface area contributed by atoms with E-state index in [0.29, 0.717) is 5.01 Å². The summed E-state index contributed by atoms with van der Waals surface area (Å²) in [4.78, 5) is 15.8. The number of carbonyl (C=O) groups is 1. The smallest absolute Gasteiger partial charge is 0.194 e. The maximum absolute atomic E-state index is 11.6. The van der Waals surface area contributed by atoms with Crippen LogP contribution in [0.3, 0.4) is 0 Å². The van der Waals surface area contributed by atoms with Crippen molar-refractivity contribution in [2.75, 3.05) is 0 Å². The van der Waals surface area contributed by atoms with E-state index in [4.69, 9.17) is 0 Å². The second kappa shape index (κ2) is 2.98. The van der Waals surface area contributed by atoms with Crippen LogP contribution in [0, 0.1) is 12.8 Å². The Labute approximate surface area is 75.6 Å². The third kappa shape index (κ3) is 1.29. The predicted molar refractivity (Wildman–Crippen MR) is 48.5 cm³/mol. The number of carbonyl (C=O) groups excluding carboxylic acids is 1. The summed E-state index contributed by atoms with van der Waals surface area (Å²) >= 11 is 1.47. The minimum atomic E-state index is 0.263. The number of nitrogens with zero attached hydrogens (tertiary/aromatic N) is 1. The summed E-state index contributed by atoms with van der Waals surface area (Å²) in [6.45, 7) is 1.92. The molecule has 1 heterocycles. The van der Waals surface area contributed by atoms with E-state index >= 15 is 0 Å². The van der Waals surface area contributed by atoms with Gasteiger partial charge in [0.1, 0.15) is 0 Å². The van der Waals surface area contributed by atoms with Gasteiger partial charge in [0.15, 0.2) is 10.8 Å². The molecule has 0 N–H and O–H groups in total. The van der Waals surface area contributed by atoms with E-state index in [-0.39, 0.29) is 11.7 Å². The summed E-state index contributed by atoms with van der Waals surface area (Å²) in [6.07, 6.45) is 3.34. The molecule has 1 saturated carbocycles. The number of Topliss-reactive ketones (excluding diaryl/α,β-unsaturated/α-hetero) is 1. The Bertz CT molecular complexity index is 301. The number of aryl methyl sites for hydroxylation is 1. The lowest BCUT2D eigenvalue weighted by atomic mass is 9.82. The van der Waals surface area contributed by atoms with E-state index < -0.39 is 0 Å². The highest BCUT2D eigenvalue weighted by Gasteiger charge is 2.27. The Morgan fingerprint density at radius 3 is 2.83 bits per heavy atom. The standard InChI is InChI=1S/C9H11NOS/c1-6-5-12-9(10-6)8(11)7-3-2-4-7/h5,7H,2-4H2,1H3. The fourth-order valence-electron chi connectivity index (χ4n) is 1.31. The maximum Gasteiger partial charge on any atom is 0.194 e. The van der Waals surface area contributed by atoms with Gasteiger partial charge in [-0.05, 0) is 19.8 Å². The normalized spacial score (nSPS) is 17.4. The van der Waals surface area contributed by atoms with Crippen LogP contribution in [0.1, 0.15) is 34.8 Å². The third-order valence-electron chi connectivity index (χ3n) is 2.31. The molecule has 64 valence electrons. The van der Waals surface area contributed by atoms with Crippen molar-refractivity contribution in [2.45, 2.75) is 26.2 Å². The van der Waals surface area contributed by atoms with Gasteiger partial charge >= 0.3 is 0 Å². The van der Waals surface area contributed by atoms with Crippen LogP contribution in [-0.4, -0.2) is 10.8 Å².